The summed E-state index contributed by atoms with van der Waals surface area (Å²) >= 11 is 7.34. The van der Waals surface area contributed by atoms with Crippen LogP contribution in [0.1, 0.15) is 34.8 Å². The second-order valence-electron chi connectivity index (χ2n) is 4.64. The number of carbonyl (C=O) groups excluding carboxylic acids is 1. The summed E-state index contributed by atoms with van der Waals surface area (Å²) in [4.78, 5) is 16.7. The summed E-state index contributed by atoms with van der Waals surface area (Å²) in [6.07, 6.45) is 2.37. The number of aromatic nitrogens is 1. The van der Waals surface area contributed by atoms with E-state index in [-0.39, 0.29) is 5.91 Å². The first-order valence-electron chi connectivity index (χ1n) is 6.20. The van der Waals surface area contributed by atoms with Gasteiger partial charge in [-0.2, -0.15) is 0 Å². The van der Waals surface area contributed by atoms with Crippen molar-refractivity contribution in [1.29, 1.82) is 0 Å². The van der Waals surface area contributed by atoms with Crippen molar-refractivity contribution in [2.24, 2.45) is 5.84 Å². The Balaban J connectivity index is 1.79. The van der Waals surface area contributed by atoms with E-state index in [0.717, 1.165) is 5.69 Å². The molecule has 0 aliphatic heterocycles. The Labute approximate surface area is 125 Å². The van der Waals surface area contributed by atoms with E-state index in [9.17, 15) is 4.79 Å². The molecule has 2 aromatic rings. The number of halogens is 1. The highest BCUT2D eigenvalue weighted by atomic mass is 35.5. The number of rotatable bonds is 4. The summed E-state index contributed by atoms with van der Waals surface area (Å²) in [6, 6.07) is 4.90. The van der Waals surface area contributed by atoms with E-state index in [4.69, 9.17) is 17.4 Å². The number of amides is 1. The molecule has 1 aliphatic carbocycles. The van der Waals surface area contributed by atoms with Crippen molar-refractivity contribution < 1.29 is 4.79 Å². The highest BCUT2D eigenvalue weighted by Crippen LogP contribution is 2.40. The molecule has 0 atom stereocenters. The molecule has 0 bridgehead atoms. The number of hydrogen-bond acceptors (Lipinski definition) is 5. The zero-order chi connectivity index (χ0) is 14.1. The molecule has 1 heterocycles. The van der Waals surface area contributed by atoms with Crippen LogP contribution in [0, 0.1) is 0 Å². The minimum absolute atomic E-state index is 0.280. The SMILES string of the molecule is NNc1ccc(Cl)cc1C(=O)Nc1nc(C2CC2)cs1. The van der Waals surface area contributed by atoms with Gasteiger partial charge in [-0.05, 0) is 31.0 Å². The molecule has 1 fully saturated rings. The zero-order valence-corrected chi connectivity index (χ0v) is 12.1. The Kier molecular flexibility index (Phi) is 3.60. The molecule has 1 aromatic carbocycles. The summed E-state index contributed by atoms with van der Waals surface area (Å²) in [7, 11) is 0. The number of carbonyl (C=O) groups is 1. The van der Waals surface area contributed by atoms with Gasteiger partial charge in [0.05, 0.1) is 16.9 Å². The fourth-order valence-electron chi connectivity index (χ4n) is 1.90. The van der Waals surface area contributed by atoms with E-state index in [1.54, 1.807) is 18.2 Å². The predicted molar refractivity (Wildman–Crippen MR) is 81.3 cm³/mol. The van der Waals surface area contributed by atoms with E-state index in [2.05, 4.69) is 15.7 Å². The third-order valence-electron chi connectivity index (χ3n) is 3.12. The molecular weight excluding hydrogens is 296 g/mol. The Hall–Kier alpha value is -1.63. The third-order valence-corrected chi connectivity index (χ3v) is 4.13. The summed E-state index contributed by atoms with van der Waals surface area (Å²) < 4.78 is 0. The lowest BCUT2D eigenvalue weighted by atomic mass is 10.1. The van der Waals surface area contributed by atoms with Gasteiger partial charge >= 0.3 is 0 Å². The maximum absolute atomic E-state index is 12.2. The molecule has 1 saturated carbocycles. The lowest BCUT2D eigenvalue weighted by Crippen LogP contribution is -2.17. The van der Waals surface area contributed by atoms with E-state index < -0.39 is 0 Å². The molecule has 0 unspecified atom stereocenters. The molecule has 1 aromatic heterocycles. The highest BCUT2D eigenvalue weighted by molar-refractivity contribution is 7.14. The van der Waals surface area contributed by atoms with Crippen molar-refractivity contribution >= 4 is 39.7 Å². The van der Waals surface area contributed by atoms with Gasteiger partial charge in [-0.3, -0.25) is 16.0 Å². The van der Waals surface area contributed by atoms with Gasteiger partial charge in [0.25, 0.3) is 5.91 Å². The van der Waals surface area contributed by atoms with Gasteiger partial charge in [0.2, 0.25) is 0 Å². The molecule has 0 saturated heterocycles. The predicted octanol–water partition coefficient (Wildman–Crippen LogP) is 3.21. The average Bonchev–Trinajstić information content (AvgIpc) is 3.19. The number of nitrogens with two attached hydrogens (primary N) is 1. The first kappa shape index (κ1) is 13.4. The Morgan fingerprint density at radius 3 is 2.95 bits per heavy atom. The third kappa shape index (κ3) is 2.77. The monoisotopic (exact) mass is 308 g/mol. The van der Waals surface area contributed by atoms with Crippen molar-refractivity contribution in [2.45, 2.75) is 18.8 Å². The first-order chi connectivity index (χ1) is 9.67. The lowest BCUT2D eigenvalue weighted by molar-refractivity contribution is 0.102. The van der Waals surface area contributed by atoms with E-state index in [1.807, 2.05) is 5.38 Å². The molecule has 1 amide bonds. The largest absolute Gasteiger partial charge is 0.323 e. The van der Waals surface area contributed by atoms with Gasteiger partial charge in [-0.15, -0.1) is 11.3 Å². The van der Waals surface area contributed by atoms with E-state index in [1.165, 1.54) is 24.2 Å². The van der Waals surface area contributed by atoms with E-state index in [0.29, 0.717) is 27.3 Å². The molecule has 4 N–H and O–H groups in total. The minimum Gasteiger partial charge on any atom is -0.323 e. The lowest BCUT2D eigenvalue weighted by Gasteiger charge is -2.08. The van der Waals surface area contributed by atoms with Crippen LogP contribution in [0.15, 0.2) is 23.6 Å². The standard InChI is InChI=1S/C13H13ClN4OS/c14-8-3-4-10(18-15)9(5-8)12(19)17-13-16-11(6-20-13)7-1-2-7/h3-7,18H,1-2,15H2,(H,16,17,19). The number of nitrogens with zero attached hydrogens (tertiary/aromatic N) is 1. The van der Waals surface area contributed by atoms with Gasteiger partial charge in [-0.25, -0.2) is 4.98 Å². The maximum Gasteiger partial charge on any atom is 0.259 e. The molecule has 0 spiro atoms. The van der Waals surface area contributed by atoms with Gasteiger partial charge < -0.3 is 5.43 Å². The smallest absolute Gasteiger partial charge is 0.259 e. The average molecular weight is 309 g/mol. The molecule has 0 radical (unpaired) electrons. The normalized spacial score (nSPS) is 14.1. The Bertz CT molecular complexity index is 654. The molecule has 7 heteroatoms. The molecule has 104 valence electrons. The number of benzene rings is 1. The first-order valence-corrected chi connectivity index (χ1v) is 7.46. The van der Waals surface area contributed by atoms with Crippen molar-refractivity contribution in [3.63, 3.8) is 0 Å². The van der Waals surface area contributed by atoms with Crippen LogP contribution < -0.4 is 16.6 Å². The fraction of sp³-hybridized carbons (Fsp3) is 0.231. The van der Waals surface area contributed by atoms with Crippen LogP contribution in [0.2, 0.25) is 5.02 Å². The summed E-state index contributed by atoms with van der Waals surface area (Å²) in [5, 5.41) is 5.85. The fourth-order valence-corrected chi connectivity index (χ4v) is 2.86. The number of anilines is 2. The van der Waals surface area contributed by atoms with Gasteiger partial charge in [0, 0.05) is 16.3 Å². The Morgan fingerprint density at radius 2 is 2.25 bits per heavy atom. The van der Waals surface area contributed by atoms with Crippen molar-refractivity contribution in [2.75, 3.05) is 10.7 Å². The van der Waals surface area contributed by atoms with Crippen LogP contribution in [-0.4, -0.2) is 10.9 Å². The second kappa shape index (κ2) is 5.40. The van der Waals surface area contributed by atoms with Crippen LogP contribution >= 0.6 is 22.9 Å². The number of nitrogen functional groups attached to an aromatic ring is 1. The van der Waals surface area contributed by atoms with Crippen molar-refractivity contribution in [3.8, 4) is 0 Å². The quantitative estimate of drug-likeness (QED) is 0.598. The minimum atomic E-state index is -0.280. The number of hydrogen-bond donors (Lipinski definition) is 3. The highest BCUT2D eigenvalue weighted by Gasteiger charge is 2.26. The summed E-state index contributed by atoms with van der Waals surface area (Å²) in [5.41, 5.74) is 4.46. The molecule has 5 nitrogen and oxygen atoms in total. The van der Waals surface area contributed by atoms with Crippen LogP contribution in [-0.2, 0) is 0 Å². The second-order valence-corrected chi connectivity index (χ2v) is 5.93. The van der Waals surface area contributed by atoms with Crippen LogP contribution in [0.25, 0.3) is 0 Å². The van der Waals surface area contributed by atoms with Crippen LogP contribution in [0.5, 0.6) is 0 Å². The van der Waals surface area contributed by atoms with Gasteiger partial charge in [0.1, 0.15) is 0 Å². The van der Waals surface area contributed by atoms with Gasteiger partial charge in [-0.1, -0.05) is 11.6 Å². The zero-order valence-electron chi connectivity index (χ0n) is 10.5. The van der Waals surface area contributed by atoms with Gasteiger partial charge in [0.15, 0.2) is 5.13 Å². The Morgan fingerprint density at radius 1 is 1.45 bits per heavy atom. The number of nitrogens with one attached hydrogen (secondary N) is 2. The summed E-state index contributed by atoms with van der Waals surface area (Å²) in [5.74, 6) is 5.69. The van der Waals surface area contributed by atoms with E-state index >= 15 is 0 Å². The topological polar surface area (TPSA) is 80.0 Å². The van der Waals surface area contributed by atoms with Crippen LogP contribution in [0.4, 0.5) is 10.8 Å². The molecule has 20 heavy (non-hydrogen) atoms. The molecule has 1 aliphatic rings. The van der Waals surface area contributed by atoms with Crippen molar-refractivity contribution in [3.05, 3.63) is 39.9 Å². The number of hydrazine groups is 1. The maximum atomic E-state index is 12.2. The molecule has 3 rings (SSSR count). The summed E-state index contributed by atoms with van der Waals surface area (Å²) in [6.45, 7) is 0. The molecular formula is C13H13ClN4OS. The van der Waals surface area contributed by atoms with Crippen molar-refractivity contribution in [1.82, 2.24) is 4.98 Å². The van der Waals surface area contributed by atoms with Crippen LogP contribution in [0.3, 0.4) is 0 Å². The number of thiazole rings is 1.